The summed E-state index contributed by atoms with van der Waals surface area (Å²) >= 11 is 0. The highest BCUT2D eigenvalue weighted by molar-refractivity contribution is 5.94. The first-order valence-corrected chi connectivity index (χ1v) is 8.94. The molecule has 2 aliphatic rings. The van der Waals surface area contributed by atoms with Gasteiger partial charge in [0.1, 0.15) is 0 Å². The summed E-state index contributed by atoms with van der Waals surface area (Å²) in [7, 11) is 0. The minimum absolute atomic E-state index is 0.00231. The number of benzene rings is 1. The third-order valence-electron chi connectivity index (χ3n) is 5.07. The molecule has 1 aromatic heterocycles. The van der Waals surface area contributed by atoms with Gasteiger partial charge in [0, 0.05) is 37.3 Å². The van der Waals surface area contributed by atoms with Gasteiger partial charge in [-0.1, -0.05) is 18.2 Å². The molecule has 25 heavy (non-hydrogen) atoms. The van der Waals surface area contributed by atoms with Crippen LogP contribution in [-0.4, -0.2) is 47.0 Å². The number of fused-ring (bicyclic) bond motifs is 1. The average molecular weight is 338 g/mol. The van der Waals surface area contributed by atoms with Crippen molar-refractivity contribution >= 4 is 11.9 Å². The first-order chi connectivity index (χ1) is 12.2. The standard InChI is InChI=1S/C19H22N4O2/c24-17-15-8-4-5-9-16(15)20-19(21-17)23-12-10-22(11-13-23)18(25)14-6-2-1-3-7-14/h1-3,6-7H,4-5,8-13H2,(H,20,21,24). The van der Waals surface area contributed by atoms with E-state index in [1.807, 2.05) is 35.2 Å². The fourth-order valence-corrected chi connectivity index (χ4v) is 3.62. The van der Waals surface area contributed by atoms with Gasteiger partial charge in [0.25, 0.3) is 11.5 Å². The van der Waals surface area contributed by atoms with E-state index in [9.17, 15) is 9.59 Å². The highest BCUT2D eigenvalue weighted by atomic mass is 16.2. The molecular formula is C19H22N4O2. The van der Waals surface area contributed by atoms with E-state index in [-0.39, 0.29) is 11.5 Å². The molecule has 1 aliphatic carbocycles. The normalized spacial score (nSPS) is 17.3. The van der Waals surface area contributed by atoms with Crippen LogP contribution in [0, 0.1) is 0 Å². The number of carbonyl (C=O) groups excluding carboxylic acids is 1. The van der Waals surface area contributed by atoms with Crippen LogP contribution in [0.1, 0.15) is 34.5 Å². The smallest absolute Gasteiger partial charge is 0.255 e. The topological polar surface area (TPSA) is 69.3 Å². The molecule has 0 bridgehead atoms. The van der Waals surface area contributed by atoms with E-state index in [0.29, 0.717) is 32.1 Å². The number of hydrogen-bond donors (Lipinski definition) is 1. The van der Waals surface area contributed by atoms with Gasteiger partial charge >= 0.3 is 0 Å². The van der Waals surface area contributed by atoms with Crippen molar-refractivity contribution in [1.29, 1.82) is 0 Å². The molecule has 1 aliphatic heterocycles. The van der Waals surface area contributed by atoms with Crippen LogP contribution in [0.4, 0.5) is 5.95 Å². The van der Waals surface area contributed by atoms with Crippen LogP contribution >= 0.6 is 0 Å². The molecule has 1 saturated heterocycles. The maximum absolute atomic E-state index is 12.5. The van der Waals surface area contributed by atoms with Crippen LogP contribution < -0.4 is 10.5 Å². The first-order valence-electron chi connectivity index (χ1n) is 8.94. The maximum atomic E-state index is 12.5. The zero-order chi connectivity index (χ0) is 17.2. The molecule has 6 nitrogen and oxygen atoms in total. The number of aromatic nitrogens is 2. The van der Waals surface area contributed by atoms with Crippen LogP contribution in [0.5, 0.6) is 0 Å². The summed E-state index contributed by atoms with van der Waals surface area (Å²) in [6.45, 7) is 2.63. The van der Waals surface area contributed by atoms with Gasteiger partial charge < -0.3 is 9.80 Å². The van der Waals surface area contributed by atoms with Crippen molar-refractivity contribution in [3.8, 4) is 0 Å². The molecule has 0 atom stereocenters. The second kappa shape index (κ2) is 6.70. The molecule has 0 unspecified atom stereocenters. The van der Waals surface area contributed by atoms with Crippen LogP contribution in [0.3, 0.4) is 0 Å². The van der Waals surface area contributed by atoms with Crippen molar-refractivity contribution in [3.05, 3.63) is 57.5 Å². The molecule has 1 aromatic carbocycles. The van der Waals surface area contributed by atoms with Gasteiger partial charge in [0.05, 0.1) is 5.69 Å². The first kappa shape index (κ1) is 15.9. The predicted octanol–water partition coefficient (Wildman–Crippen LogP) is 1.61. The largest absolute Gasteiger partial charge is 0.339 e. The molecule has 0 radical (unpaired) electrons. The molecule has 1 amide bonds. The highest BCUT2D eigenvalue weighted by Crippen LogP contribution is 2.19. The number of aryl methyl sites for hydroxylation is 1. The van der Waals surface area contributed by atoms with E-state index in [4.69, 9.17) is 4.98 Å². The lowest BCUT2D eigenvalue weighted by molar-refractivity contribution is 0.0746. The third kappa shape index (κ3) is 3.16. The number of H-pyrrole nitrogens is 1. The van der Waals surface area contributed by atoms with Gasteiger partial charge in [-0.15, -0.1) is 0 Å². The van der Waals surface area contributed by atoms with Gasteiger partial charge in [-0.2, -0.15) is 0 Å². The molecule has 0 saturated carbocycles. The van der Waals surface area contributed by atoms with E-state index in [0.717, 1.165) is 42.5 Å². The number of carbonyl (C=O) groups is 1. The molecule has 1 N–H and O–H groups in total. The Morgan fingerprint density at radius 3 is 2.48 bits per heavy atom. The van der Waals surface area contributed by atoms with Crippen molar-refractivity contribution in [2.24, 2.45) is 0 Å². The number of anilines is 1. The zero-order valence-electron chi connectivity index (χ0n) is 14.2. The number of aromatic amines is 1. The van der Waals surface area contributed by atoms with Crippen LogP contribution in [0.25, 0.3) is 0 Å². The summed E-state index contributed by atoms with van der Waals surface area (Å²) in [6, 6.07) is 9.36. The van der Waals surface area contributed by atoms with E-state index >= 15 is 0 Å². The monoisotopic (exact) mass is 338 g/mol. The van der Waals surface area contributed by atoms with E-state index in [1.165, 1.54) is 0 Å². The Morgan fingerprint density at radius 2 is 1.72 bits per heavy atom. The van der Waals surface area contributed by atoms with E-state index in [1.54, 1.807) is 0 Å². The molecule has 1 fully saturated rings. The van der Waals surface area contributed by atoms with Crippen molar-refractivity contribution in [3.63, 3.8) is 0 Å². The van der Waals surface area contributed by atoms with Crippen LogP contribution in [0.15, 0.2) is 35.1 Å². The quantitative estimate of drug-likeness (QED) is 0.903. The van der Waals surface area contributed by atoms with Crippen LogP contribution in [-0.2, 0) is 12.8 Å². The Labute approximate surface area is 146 Å². The Morgan fingerprint density at radius 1 is 1.00 bits per heavy atom. The Bertz CT molecular complexity index is 823. The number of amides is 1. The lowest BCUT2D eigenvalue weighted by Crippen LogP contribution is -2.49. The predicted molar refractivity (Wildman–Crippen MR) is 96.1 cm³/mol. The zero-order valence-corrected chi connectivity index (χ0v) is 14.2. The second-order valence-electron chi connectivity index (χ2n) is 6.67. The van der Waals surface area contributed by atoms with Crippen molar-refractivity contribution in [2.45, 2.75) is 25.7 Å². The molecule has 130 valence electrons. The van der Waals surface area contributed by atoms with E-state index in [2.05, 4.69) is 9.88 Å². The summed E-state index contributed by atoms with van der Waals surface area (Å²) in [5, 5.41) is 0. The fraction of sp³-hybridized carbons (Fsp3) is 0.421. The number of nitrogens with one attached hydrogen (secondary N) is 1. The molecular weight excluding hydrogens is 316 g/mol. The van der Waals surface area contributed by atoms with Crippen molar-refractivity contribution < 1.29 is 4.79 Å². The van der Waals surface area contributed by atoms with Gasteiger partial charge in [0.15, 0.2) is 0 Å². The lowest BCUT2D eigenvalue weighted by atomic mass is 9.97. The number of rotatable bonds is 2. The summed E-state index contributed by atoms with van der Waals surface area (Å²) in [6.07, 6.45) is 3.88. The maximum Gasteiger partial charge on any atom is 0.255 e. The van der Waals surface area contributed by atoms with Gasteiger partial charge in [-0.3, -0.25) is 14.6 Å². The molecule has 2 aromatic rings. The summed E-state index contributed by atoms with van der Waals surface area (Å²) in [5.41, 5.74) is 2.53. The van der Waals surface area contributed by atoms with Crippen LogP contribution in [0.2, 0.25) is 0 Å². The second-order valence-corrected chi connectivity index (χ2v) is 6.67. The Balaban J connectivity index is 1.46. The number of piperazine rings is 1. The summed E-state index contributed by atoms with van der Waals surface area (Å²) < 4.78 is 0. The number of nitrogens with zero attached hydrogens (tertiary/aromatic N) is 3. The SMILES string of the molecule is O=C(c1ccccc1)N1CCN(c2nc3c(c(=O)[nH]2)CCCC3)CC1. The third-order valence-corrected chi connectivity index (χ3v) is 5.07. The van der Waals surface area contributed by atoms with Gasteiger partial charge in [-0.05, 0) is 37.8 Å². The Kier molecular flexibility index (Phi) is 4.26. The van der Waals surface area contributed by atoms with Gasteiger partial charge in [-0.25, -0.2) is 4.98 Å². The summed E-state index contributed by atoms with van der Waals surface area (Å²) in [4.78, 5) is 36.4. The minimum Gasteiger partial charge on any atom is -0.339 e. The molecule has 0 spiro atoms. The Hall–Kier alpha value is -2.63. The molecule has 4 rings (SSSR count). The molecule has 6 heteroatoms. The fourth-order valence-electron chi connectivity index (χ4n) is 3.62. The lowest BCUT2D eigenvalue weighted by Gasteiger charge is -2.35. The van der Waals surface area contributed by atoms with Crippen molar-refractivity contribution in [2.75, 3.05) is 31.1 Å². The van der Waals surface area contributed by atoms with Gasteiger partial charge in [0.2, 0.25) is 5.95 Å². The number of hydrogen-bond acceptors (Lipinski definition) is 4. The highest BCUT2D eigenvalue weighted by Gasteiger charge is 2.24. The van der Waals surface area contributed by atoms with E-state index < -0.39 is 0 Å². The summed E-state index contributed by atoms with van der Waals surface area (Å²) in [5.74, 6) is 0.713. The average Bonchev–Trinajstić information content (AvgIpc) is 2.68. The minimum atomic E-state index is 0.00231. The van der Waals surface area contributed by atoms with Crippen molar-refractivity contribution in [1.82, 2.24) is 14.9 Å². The molecule has 2 heterocycles.